The number of nitrogens with one attached hydrogen (secondary N) is 1. The van der Waals surface area contributed by atoms with E-state index >= 15 is 0 Å². The van der Waals surface area contributed by atoms with Crippen LogP contribution in [0.15, 0.2) is 42.5 Å². The minimum Gasteiger partial charge on any atom is -0.497 e. The minimum absolute atomic E-state index is 0.152. The molecule has 0 saturated carbocycles. The zero-order valence-electron chi connectivity index (χ0n) is 15.8. The van der Waals surface area contributed by atoms with Crippen molar-refractivity contribution in [2.45, 2.75) is 24.9 Å². The molecule has 0 radical (unpaired) electrons. The number of amides is 1. The fraction of sp³-hybridized carbons (Fsp3) is 0.381. The Labute approximate surface area is 162 Å². The van der Waals surface area contributed by atoms with E-state index in [1.807, 2.05) is 12.1 Å². The van der Waals surface area contributed by atoms with Crippen LogP contribution >= 0.6 is 0 Å². The molecule has 150 valence electrons. The van der Waals surface area contributed by atoms with Gasteiger partial charge in [-0.1, -0.05) is 18.2 Å². The second-order valence-electron chi connectivity index (χ2n) is 6.83. The van der Waals surface area contributed by atoms with Crippen molar-refractivity contribution >= 4 is 11.6 Å². The van der Waals surface area contributed by atoms with Crippen molar-refractivity contribution in [1.29, 1.82) is 0 Å². The summed E-state index contributed by atoms with van der Waals surface area (Å²) in [6.45, 7) is 0.813. The van der Waals surface area contributed by atoms with Gasteiger partial charge in [-0.25, -0.2) is 0 Å². The van der Waals surface area contributed by atoms with E-state index in [0.29, 0.717) is 24.5 Å². The second-order valence-corrected chi connectivity index (χ2v) is 6.83. The minimum atomic E-state index is -4.47. The van der Waals surface area contributed by atoms with Crippen LogP contribution in [0.25, 0.3) is 0 Å². The molecule has 1 unspecified atom stereocenters. The molecule has 2 aromatic carbocycles. The molecule has 0 aromatic heterocycles. The average Bonchev–Trinajstić information content (AvgIpc) is 2.81. The Morgan fingerprint density at radius 1 is 1.14 bits per heavy atom. The third-order valence-electron chi connectivity index (χ3n) is 5.09. The summed E-state index contributed by atoms with van der Waals surface area (Å²) in [5, 5.41) is 2.96. The highest BCUT2D eigenvalue weighted by Crippen LogP contribution is 2.42. The smallest absolute Gasteiger partial charge is 0.416 e. The maximum Gasteiger partial charge on any atom is 0.416 e. The van der Waals surface area contributed by atoms with E-state index in [-0.39, 0.29) is 30.2 Å². The number of carbonyl (C=O) groups excluding carboxylic acids is 1. The molecule has 1 amide bonds. The van der Waals surface area contributed by atoms with Crippen molar-refractivity contribution in [3.05, 3.63) is 59.2 Å². The summed E-state index contributed by atoms with van der Waals surface area (Å²) < 4.78 is 46.2. The topological polar surface area (TPSA) is 41.6 Å². The van der Waals surface area contributed by atoms with E-state index in [4.69, 9.17) is 4.74 Å². The summed E-state index contributed by atoms with van der Waals surface area (Å²) >= 11 is 0. The highest BCUT2D eigenvalue weighted by molar-refractivity contribution is 5.96. The summed E-state index contributed by atoms with van der Waals surface area (Å²) in [6.07, 6.45) is -4.17. The van der Waals surface area contributed by atoms with Crippen LogP contribution in [0.4, 0.5) is 18.9 Å². The predicted molar refractivity (Wildman–Crippen MR) is 102 cm³/mol. The Morgan fingerprint density at radius 2 is 1.86 bits per heavy atom. The van der Waals surface area contributed by atoms with Crippen LogP contribution in [0.3, 0.4) is 0 Å². The van der Waals surface area contributed by atoms with E-state index in [1.165, 1.54) is 11.0 Å². The van der Waals surface area contributed by atoms with Crippen LogP contribution in [0.2, 0.25) is 0 Å². The fourth-order valence-electron chi connectivity index (χ4n) is 3.66. The van der Waals surface area contributed by atoms with Crippen LogP contribution in [-0.4, -0.2) is 33.2 Å². The van der Waals surface area contributed by atoms with Gasteiger partial charge in [0.25, 0.3) is 0 Å². The maximum atomic E-state index is 13.7. The molecule has 0 spiro atoms. The molecule has 2 aromatic rings. The van der Waals surface area contributed by atoms with Gasteiger partial charge >= 0.3 is 6.18 Å². The van der Waals surface area contributed by atoms with Gasteiger partial charge in [0.15, 0.2) is 0 Å². The van der Waals surface area contributed by atoms with E-state index in [0.717, 1.165) is 11.6 Å². The Balaban J connectivity index is 2.07. The number of halogens is 3. The molecule has 4 nitrogen and oxygen atoms in total. The first-order chi connectivity index (χ1) is 13.3. The molecule has 7 heteroatoms. The number of fused-ring (bicyclic) bond motifs is 1. The number of alkyl halides is 3. The lowest BCUT2D eigenvalue weighted by molar-refractivity contribution is -0.138. The van der Waals surface area contributed by atoms with E-state index in [1.54, 1.807) is 32.4 Å². The van der Waals surface area contributed by atoms with Gasteiger partial charge in [-0.05, 0) is 54.8 Å². The van der Waals surface area contributed by atoms with Crippen molar-refractivity contribution in [2.75, 3.05) is 32.1 Å². The van der Waals surface area contributed by atoms with Gasteiger partial charge < -0.3 is 15.0 Å². The van der Waals surface area contributed by atoms with Crippen LogP contribution in [0.1, 0.15) is 29.0 Å². The molecule has 1 atom stereocenters. The monoisotopic (exact) mass is 392 g/mol. The number of ether oxygens (including phenoxy) is 1. The zero-order valence-corrected chi connectivity index (χ0v) is 15.8. The molecular weight excluding hydrogens is 369 g/mol. The van der Waals surface area contributed by atoms with Gasteiger partial charge in [0.2, 0.25) is 5.91 Å². The zero-order chi connectivity index (χ0) is 20.3. The number of rotatable bonds is 5. The molecule has 28 heavy (non-hydrogen) atoms. The highest BCUT2D eigenvalue weighted by atomic mass is 19.4. The number of carbonyl (C=O) groups is 1. The molecule has 1 N–H and O–H groups in total. The van der Waals surface area contributed by atoms with Crippen molar-refractivity contribution in [1.82, 2.24) is 5.32 Å². The molecule has 0 fully saturated rings. The number of anilines is 1. The lowest BCUT2D eigenvalue weighted by Crippen LogP contribution is -2.36. The van der Waals surface area contributed by atoms with Crippen LogP contribution < -0.4 is 15.0 Å². The second kappa shape index (κ2) is 8.22. The molecule has 1 aliphatic rings. The van der Waals surface area contributed by atoms with Gasteiger partial charge in [-0.2, -0.15) is 13.2 Å². The summed E-state index contributed by atoms with van der Waals surface area (Å²) in [4.78, 5) is 14.4. The van der Waals surface area contributed by atoms with Crippen LogP contribution in [0.5, 0.6) is 5.75 Å². The van der Waals surface area contributed by atoms with Gasteiger partial charge in [0, 0.05) is 25.2 Å². The first kappa shape index (κ1) is 20.2. The normalized spacial score (nSPS) is 17.2. The maximum absolute atomic E-state index is 13.7. The van der Waals surface area contributed by atoms with Crippen molar-refractivity contribution in [3.8, 4) is 5.75 Å². The molecule has 3 rings (SSSR count). The largest absolute Gasteiger partial charge is 0.497 e. The first-order valence-electron chi connectivity index (χ1n) is 9.13. The molecule has 0 aliphatic carbocycles. The Kier molecular flexibility index (Phi) is 5.93. The number of hydrogen-bond donors (Lipinski definition) is 1. The van der Waals surface area contributed by atoms with Crippen LogP contribution in [0, 0.1) is 0 Å². The third kappa shape index (κ3) is 4.14. The first-order valence-corrected chi connectivity index (χ1v) is 9.13. The summed E-state index contributed by atoms with van der Waals surface area (Å²) in [5.41, 5.74) is 0.684. The Morgan fingerprint density at radius 3 is 2.46 bits per heavy atom. The van der Waals surface area contributed by atoms with E-state index in [2.05, 4.69) is 5.32 Å². The molecular formula is C21H23F3N2O2. The van der Waals surface area contributed by atoms with E-state index in [9.17, 15) is 18.0 Å². The average molecular weight is 392 g/mol. The van der Waals surface area contributed by atoms with Crippen LogP contribution in [-0.2, 0) is 17.4 Å². The number of nitrogens with zero attached hydrogens (tertiary/aromatic N) is 1. The fourth-order valence-corrected chi connectivity index (χ4v) is 3.66. The van der Waals surface area contributed by atoms with Crippen molar-refractivity contribution in [3.63, 3.8) is 0 Å². The number of hydrogen-bond acceptors (Lipinski definition) is 3. The van der Waals surface area contributed by atoms with Gasteiger partial charge in [-0.15, -0.1) is 0 Å². The molecule has 0 bridgehead atoms. The van der Waals surface area contributed by atoms with Gasteiger partial charge in [0.1, 0.15) is 5.75 Å². The van der Waals surface area contributed by atoms with Crippen molar-refractivity contribution in [2.24, 2.45) is 0 Å². The summed E-state index contributed by atoms with van der Waals surface area (Å²) in [5.74, 6) is 0.158. The highest BCUT2D eigenvalue weighted by Gasteiger charge is 2.38. The predicted octanol–water partition coefficient (Wildman–Crippen LogP) is 4.00. The number of benzene rings is 2. The number of methoxy groups -OCH3 is 1. The van der Waals surface area contributed by atoms with E-state index < -0.39 is 11.7 Å². The quantitative estimate of drug-likeness (QED) is 0.837. The number of likely N-dealkylation sites (N-methyl/N-ethyl adjacent to an activating group) is 1. The van der Waals surface area contributed by atoms with Gasteiger partial charge in [0.05, 0.1) is 12.7 Å². The van der Waals surface area contributed by atoms with Crippen molar-refractivity contribution < 1.29 is 22.7 Å². The summed E-state index contributed by atoms with van der Waals surface area (Å²) in [6, 6.07) is 11.2. The Bertz CT molecular complexity index is 835. The SMILES string of the molecule is CNCCN1C(=O)CC(c2ccc(OC)cc2)Cc2c1cccc2C(F)(F)F. The molecule has 1 aliphatic heterocycles. The lowest BCUT2D eigenvalue weighted by atomic mass is 9.88. The lowest BCUT2D eigenvalue weighted by Gasteiger charge is -2.24. The Hall–Kier alpha value is -2.54. The molecule has 0 saturated heterocycles. The summed E-state index contributed by atoms with van der Waals surface area (Å²) in [7, 11) is 3.30. The standard InChI is InChI=1S/C21H23F3N2O2/c1-25-10-11-26-19-5-3-4-18(21(22,23)24)17(19)12-15(13-20(26)27)14-6-8-16(28-2)9-7-14/h3-9,15,25H,10-13H2,1-2H3. The van der Waals surface area contributed by atoms with Gasteiger partial charge in [-0.3, -0.25) is 4.79 Å². The molecule has 1 heterocycles. The third-order valence-corrected chi connectivity index (χ3v) is 5.09.